The van der Waals surface area contributed by atoms with Crippen molar-refractivity contribution in [2.24, 2.45) is 4.99 Å². The van der Waals surface area contributed by atoms with Crippen molar-refractivity contribution < 1.29 is 9.53 Å². The van der Waals surface area contributed by atoms with Crippen LogP contribution in [-0.4, -0.2) is 110 Å². The maximum absolute atomic E-state index is 12.7. The number of aliphatic imine (C=N–C) groups is 1. The van der Waals surface area contributed by atoms with Crippen LogP contribution in [0, 0.1) is 0 Å². The molecule has 3 aliphatic heterocycles. The number of thioether (sulfide) groups is 1. The van der Waals surface area contributed by atoms with Gasteiger partial charge in [0.25, 0.3) is 0 Å². The topological polar surface area (TPSA) is 60.4 Å². The van der Waals surface area contributed by atoms with Crippen LogP contribution in [0.15, 0.2) is 4.99 Å². The number of amides is 1. The number of carbonyl (C=O) groups is 1. The molecule has 3 heterocycles. The third-order valence-corrected chi connectivity index (χ3v) is 8.08. The Hall–Kier alpha value is -0.990. The van der Waals surface area contributed by atoms with Crippen molar-refractivity contribution in [3.05, 3.63) is 0 Å². The van der Waals surface area contributed by atoms with Crippen molar-refractivity contribution in [3.63, 3.8) is 0 Å². The summed E-state index contributed by atoms with van der Waals surface area (Å²) in [4.78, 5) is 24.5. The average molecular weight is 440 g/mol. The van der Waals surface area contributed by atoms with Crippen LogP contribution in [0.5, 0.6) is 0 Å². The average Bonchev–Trinajstić information content (AvgIpc) is 3.08. The maximum Gasteiger partial charge on any atom is 0.236 e. The molecule has 8 heteroatoms. The van der Waals surface area contributed by atoms with Gasteiger partial charge in [-0.1, -0.05) is 12.8 Å². The zero-order valence-electron chi connectivity index (χ0n) is 19.0. The highest BCUT2D eigenvalue weighted by Crippen LogP contribution is 2.34. The molecule has 0 spiro atoms. The van der Waals surface area contributed by atoms with E-state index in [1.807, 2.05) is 11.8 Å². The molecule has 0 aliphatic carbocycles. The van der Waals surface area contributed by atoms with E-state index in [0.29, 0.717) is 12.5 Å². The van der Waals surface area contributed by atoms with E-state index in [1.54, 1.807) is 0 Å². The Balaban J connectivity index is 1.50. The maximum atomic E-state index is 12.7. The number of hydrogen-bond acceptors (Lipinski definition) is 5. The largest absolute Gasteiger partial charge is 0.381 e. The standard InChI is InChI=1S/C22H41N5O2S/c1-3-23-21(24-19-22(30-2)8-16-29-17-9-22)27-14-12-25(13-15-27)18-20(28)26-10-6-4-5-7-11-26/h3-19H2,1-2H3,(H,23,24). The Morgan fingerprint density at radius 3 is 2.27 bits per heavy atom. The first kappa shape index (κ1) is 23.7. The van der Waals surface area contributed by atoms with E-state index in [1.165, 1.54) is 12.8 Å². The third-order valence-electron chi connectivity index (χ3n) is 6.68. The van der Waals surface area contributed by atoms with Gasteiger partial charge in [-0.3, -0.25) is 14.7 Å². The lowest BCUT2D eigenvalue weighted by Crippen LogP contribution is -2.54. The van der Waals surface area contributed by atoms with Gasteiger partial charge in [-0.25, -0.2) is 0 Å². The minimum atomic E-state index is 0.209. The van der Waals surface area contributed by atoms with Crippen LogP contribution in [0.4, 0.5) is 0 Å². The summed E-state index contributed by atoms with van der Waals surface area (Å²) in [7, 11) is 0. The second kappa shape index (κ2) is 12.2. The molecule has 3 saturated heterocycles. The third kappa shape index (κ3) is 6.76. The zero-order chi connectivity index (χ0) is 21.2. The molecule has 1 N–H and O–H groups in total. The molecule has 0 atom stereocenters. The lowest BCUT2D eigenvalue weighted by atomic mass is 9.99. The van der Waals surface area contributed by atoms with Gasteiger partial charge in [0.15, 0.2) is 5.96 Å². The fraction of sp³-hybridized carbons (Fsp3) is 0.909. The molecular formula is C22H41N5O2S. The predicted molar refractivity (Wildman–Crippen MR) is 125 cm³/mol. The number of ether oxygens (including phenoxy) is 1. The predicted octanol–water partition coefficient (Wildman–Crippen LogP) is 1.88. The summed E-state index contributed by atoms with van der Waals surface area (Å²) in [5.41, 5.74) is 0. The molecule has 0 aromatic heterocycles. The van der Waals surface area contributed by atoms with Gasteiger partial charge in [-0.05, 0) is 38.9 Å². The molecule has 1 amide bonds. The lowest BCUT2D eigenvalue weighted by Gasteiger charge is -2.38. The van der Waals surface area contributed by atoms with Crippen molar-refractivity contribution in [2.45, 2.75) is 50.2 Å². The first-order valence-corrected chi connectivity index (χ1v) is 13.0. The summed E-state index contributed by atoms with van der Waals surface area (Å²) in [5, 5.41) is 3.49. The van der Waals surface area contributed by atoms with Gasteiger partial charge in [0.2, 0.25) is 5.91 Å². The number of carbonyl (C=O) groups excluding carboxylic acids is 1. The van der Waals surface area contributed by atoms with Crippen molar-refractivity contribution >= 4 is 23.6 Å². The molecule has 0 unspecified atom stereocenters. The number of guanidine groups is 1. The van der Waals surface area contributed by atoms with Crippen molar-refractivity contribution in [1.29, 1.82) is 0 Å². The fourth-order valence-corrected chi connectivity index (χ4v) is 5.31. The first-order chi connectivity index (χ1) is 14.7. The Labute approximate surface area is 187 Å². The quantitative estimate of drug-likeness (QED) is 0.504. The molecule has 7 nitrogen and oxygen atoms in total. The molecule has 3 fully saturated rings. The van der Waals surface area contributed by atoms with Crippen LogP contribution in [0.1, 0.15) is 45.4 Å². The molecule has 30 heavy (non-hydrogen) atoms. The van der Waals surface area contributed by atoms with Gasteiger partial charge in [0, 0.05) is 63.8 Å². The molecule has 0 radical (unpaired) electrons. The molecule has 3 rings (SSSR count). The SMILES string of the molecule is CCNC(=NCC1(SC)CCOCC1)N1CCN(CC(=O)N2CCCCCC2)CC1. The Morgan fingerprint density at radius 2 is 1.67 bits per heavy atom. The van der Waals surface area contributed by atoms with Gasteiger partial charge in [0.1, 0.15) is 0 Å². The molecule has 172 valence electrons. The summed E-state index contributed by atoms with van der Waals surface area (Å²) in [6.07, 6.45) is 9.19. The van der Waals surface area contributed by atoms with Gasteiger partial charge < -0.3 is 19.9 Å². The second-order valence-corrected chi connectivity index (χ2v) is 10.0. The Morgan fingerprint density at radius 1 is 1.00 bits per heavy atom. The van der Waals surface area contributed by atoms with Gasteiger partial charge in [-0.2, -0.15) is 11.8 Å². The normalized spacial score (nSPS) is 23.9. The molecular weight excluding hydrogens is 398 g/mol. The summed E-state index contributed by atoms with van der Waals surface area (Å²) in [5.74, 6) is 1.34. The number of piperazine rings is 1. The van der Waals surface area contributed by atoms with Gasteiger partial charge in [-0.15, -0.1) is 0 Å². The zero-order valence-corrected chi connectivity index (χ0v) is 19.9. The highest BCUT2D eigenvalue weighted by Gasteiger charge is 2.32. The summed E-state index contributed by atoms with van der Waals surface area (Å²) in [6, 6.07) is 0. The number of likely N-dealkylation sites (tertiary alicyclic amines) is 1. The molecule has 0 saturated carbocycles. The number of hydrogen-bond donors (Lipinski definition) is 1. The summed E-state index contributed by atoms with van der Waals surface area (Å²) >= 11 is 1.94. The van der Waals surface area contributed by atoms with E-state index in [0.717, 1.165) is 97.2 Å². The smallest absolute Gasteiger partial charge is 0.236 e. The molecule has 0 bridgehead atoms. The highest BCUT2D eigenvalue weighted by atomic mass is 32.2. The lowest BCUT2D eigenvalue weighted by molar-refractivity contribution is -0.132. The number of nitrogens with one attached hydrogen (secondary N) is 1. The van der Waals surface area contributed by atoms with E-state index in [4.69, 9.17) is 9.73 Å². The summed E-state index contributed by atoms with van der Waals surface area (Å²) in [6.45, 7) is 11.7. The van der Waals surface area contributed by atoms with E-state index in [-0.39, 0.29) is 4.75 Å². The fourth-order valence-electron chi connectivity index (χ4n) is 4.54. The van der Waals surface area contributed by atoms with Crippen LogP contribution in [0.2, 0.25) is 0 Å². The Kier molecular flexibility index (Phi) is 9.59. The van der Waals surface area contributed by atoms with Crippen LogP contribution in [0.3, 0.4) is 0 Å². The molecule has 0 aromatic rings. The van der Waals surface area contributed by atoms with Crippen LogP contribution in [-0.2, 0) is 9.53 Å². The first-order valence-electron chi connectivity index (χ1n) is 11.8. The monoisotopic (exact) mass is 439 g/mol. The van der Waals surface area contributed by atoms with Crippen molar-refractivity contribution in [1.82, 2.24) is 20.0 Å². The minimum absolute atomic E-state index is 0.209. The van der Waals surface area contributed by atoms with E-state index < -0.39 is 0 Å². The van der Waals surface area contributed by atoms with Crippen molar-refractivity contribution in [2.75, 3.05) is 78.4 Å². The molecule has 3 aliphatic rings. The van der Waals surface area contributed by atoms with E-state index >= 15 is 0 Å². The van der Waals surface area contributed by atoms with E-state index in [2.05, 4.69) is 33.2 Å². The Bertz CT molecular complexity index is 552. The number of rotatable bonds is 6. The van der Waals surface area contributed by atoms with Crippen LogP contribution < -0.4 is 5.32 Å². The van der Waals surface area contributed by atoms with E-state index in [9.17, 15) is 4.79 Å². The highest BCUT2D eigenvalue weighted by molar-refractivity contribution is 8.00. The van der Waals surface area contributed by atoms with Crippen LogP contribution in [0.25, 0.3) is 0 Å². The number of nitrogens with zero attached hydrogens (tertiary/aromatic N) is 4. The second-order valence-electron chi connectivity index (χ2n) is 8.73. The minimum Gasteiger partial charge on any atom is -0.381 e. The van der Waals surface area contributed by atoms with Crippen molar-refractivity contribution in [3.8, 4) is 0 Å². The summed E-state index contributed by atoms with van der Waals surface area (Å²) < 4.78 is 5.78. The van der Waals surface area contributed by atoms with Crippen LogP contribution >= 0.6 is 11.8 Å². The molecule has 0 aromatic carbocycles. The van der Waals surface area contributed by atoms with Gasteiger partial charge >= 0.3 is 0 Å². The van der Waals surface area contributed by atoms with Gasteiger partial charge in [0.05, 0.1) is 13.1 Å².